The van der Waals surface area contributed by atoms with Crippen LogP contribution in [0.1, 0.15) is 5.56 Å². The van der Waals surface area contributed by atoms with Gasteiger partial charge in [-0.15, -0.1) is 0 Å². The number of hydrogen-bond acceptors (Lipinski definition) is 4. The molecule has 0 aliphatic rings. The van der Waals surface area contributed by atoms with E-state index in [9.17, 15) is 9.18 Å². The molecular formula is C16H15ClFNO3. The minimum absolute atomic E-state index is 0.0255. The Bertz CT molecular complexity index is 661. The zero-order valence-electron chi connectivity index (χ0n) is 11.9. The zero-order valence-corrected chi connectivity index (χ0v) is 12.6. The highest BCUT2D eigenvalue weighted by Gasteiger charge is 2.20. The Morgan fingerprint density at radius 2 is 1.95 bits per heavy atom. The Kier molecular flexibility index (Phi) is 5.35. The van der Waals surface area contributed by atoms with Gasteiger partial charge in [-0.2, -0.15) is 0 Å². The fourth-order valence-electron chi connectivity index (χ4n) is 1.92. The molecule has 0 spiro atoms. The molecule has 0 aliphatic carbocycles. The molecule has 4 nitrogen and oxygen atoms in total. The summed E-state index contributed by atoms with van der Waals surface area (Å²) in [4.78, 5) is 11.4. The maximum Gasteiger partial charge on any atom is 0.322 e. The number of carbonyl (C=O) groups is 1. The van der Waals surface area contributed by atoms with E-state index >= 15 is 0 Å². The zero-order chi connectivity index (χ0) is 16.1. The summed E-state index contributed by atoms with van der Waals surface area (Å²) in [5.74, 6) is -0.309. The molecule has 0 bridgehead atoms. The van der Waals surface area contributed by atoms with Crippen molar-refractivity contribution in [3.05, 3.63) is 58.9 Å². The summed E-state index contributed by atoms with van der Waals surface area (Å²) in [6.45, 7) is 0. The monoisotopic (exact) mass is 323 g/mol. The normalized spacial score (nSPS) is 11.8. The third-order valence-corrected chi connectivity index (χ3v) is 3.30. The molecule has 0 aliphatic heterocycles. The maximum absolute atomic E-state index is 14.0. The van der Waals surface area contributed by atoms with Gasteiger partial charge >= 0.3 is 5.97 Å². The van der Waals surface area contributed by atoms with Gasteiger partial charge in [0.15, 0.2) is 0 Å². The van der Waals surface area contributed by atoms with Crippen molar-refractivity contribution in [2.45, 2.75) is 12.5 Å². The highest BCUT2D eigenvalue weighted by molar-refractivity contribution is 6.30. The van der Waals surface area contributed by atoms with Gasteiger partial charge in [0.1, 0.15) is 23.4 Å². The third-order valence-electron chi connectivity index (χ3n) is 3.05. The van der Waals surface area contributed by atoms with Gasteiger partial charge in [0, 0.05) is 17.0 Å². The number of halogens is 2. The number of ether oxygens (including phenoxy) is 2. The Morgan fingerprint density at radius 1 is 1.27 bits per heavy atom. The Labute approximate surface area is 132 Å². The molecule has 2 aromatic rings. The maximum atomic E-state index is 14.0. The lowest BCUT2D eigenvalue weighted by Crippen LogP contribution is -2.34. The lowest BCUT2D eigenvalue weighted by Gasteiger charge is -2.15. The van der Waals surface area contributed by atoms with E-state index in [0.717, 1.165) is 0 Å². The molecule has 0 saturated carbocycles. The van der Waals surface area contributed by atoms with Crippen LogP contribution in [0, 0.1) is 5.82 Å². The number of carbonyl (C=O) groups excluding carboxylic acids is 1. The van der Waals surface area contributed by atoms with Gasteiger partial charge in [-0.1, -0.05) is 17.7 Å². The topological polar surface area (TPSA) is 61.5 Å². The molecule has 0 amide bonds. The van der Waals surface area contributed by atoms with E-state index in [1.54, 1.807) is 30.3 Å². The lowest BCUT2D eigenvalue weighted by molar-refractivity contribution is -0.142. The first kappa shape index (κ1) is 16.3. The van der Waals surface area contributed by atoms with E-state index in [2.05, 4.69) is 4.74 Å². The van der Waals surface area contributed by atoms with Gasteiger partial charge < -0.3 is 15.2 Å². The molecule has 0 radical (unpaired) electrons. The summed E-state index contributed by atoms with van der Waals surface area (Å²) in [6.07, 6.45) is -0.0255. The minimum Gasteiger partial charge on any atom is -0.468 e. The Morgan fingerprint density at radius 3 is 2.59 bits per heavy atom. The molecule has 1 unspecified atom stereocenters. The molecule has 0 saturated heterocycles. The number of methoxy groups -OCH3 is 1. The van der Waals surface area contributed by atoms with Crippen LogP contribution < -0.4 is 10.5 Å². The van der Waals surface area contributed by atoms with Crippen molar-refractivity contribution in [3.63, 3.8) is 0 Å². The average Bonchev–Trinajstić information content (AvgIpc) is 2.51. The molecule has 0 heterocycles. The Hall–Kier alpha value is -2.11. The molecule has 2 rings (SSSR count). The predicted molar refractivity (Wildman–Crippen MR) is 81.6 cm³/mol. The van der Waals surface area contributed by atoms with Crippen LogP contribution >= 0.6 is 11.6 Å². The fraction of sp³-hybridized carbons (Fsp3) is 0.188. The molecular weight excluding hydrogens is 309 g/mol. The second-order valence-corrected chi connectivity index (χ2v) is 5.04. The minimum atomic E-state index is -0.963. The van der Waals surface area contributed by atoms with Crippen molar-refractivity contribution in [2.75, 3.05) is 7.11 Å². The van der Waals surface area contributed by atoms with Crippen LogP contribution in [0.2, 0.25) is 5.02 Å². The highest BCUT2D eigenvalue weighted by atomic mass is 35.5. The summed E-state index contributed by atoms with van der Waals surface area (Å²) in [7, 11) is 1.23. The van der Waals surface area contributed by atoms with Crippen LogP contribution in [0.4, 0.5) is 4.39 Å². The molecule has 2 aromatic carbocycles. The molecule has 6 heteroatoms. The summed E-state index contributed by atoms with van der Waals surface area (Å²) in [5, 5.41) is 0.569. The van der Waals surface area contributed by atoms with Crippen LogP contribution in [0.3, 0.4) is 0 Å². The first-order chi connectivity index (χ1) is 10.5. The van der Waals surface area contributed by atoms with E-state index in [4.69, 9.17) is 22.1 Å². The SMILES string of the molecule is COC(=O)C(N)Cc1c(F)cccc1Oc1ccc(Cl)cc1. The second-order valence-electron chi connectivity index (χ2n) is 4.61. The summed E-state index contributed by atoms with van der Waals surface area (Å²) in [5.41, 5.74) is 5.91. The van der Waals surface area contributed by atoms with Crippen molar-refractivity contribution in [1.82, 2.24) is 0 Å². The summed E-state index contributed by atoms with van der Waals surface area (Å²) in [6, 6.07) is 10.1. The molecule has 116 valence electrons. The predicted octanol–water partition coefficient (Wildman–Crippen LogP) is 3.31. The van der Waals surface area contributed by atoms with Crippen molar-refractivity contribution in [3.8, 4) is 11.5 Å². The fourth-order valence-corrected chi connectivity index (χ4v) is 2.04. The van der Waals surface area contributed by atoms with Crippen molar-refractivity contribution < 1.29 is 18.7 Å². The van der Waals surface area contributed by atoms with E-state index in [0.29, 0.717) is 16.5 Å². The van der Waals surface area contributed by atoms with Gasteiger partial charge in [0.2, 0.25) is 0 Å². The van der Waals surface area contributed by atoms with Crippen LogP contribution in [-0.4, -0.2) is 19.1 Å². The van der Waals surface area contributed by atoms with Crippen molar-refractivity contribution in [1.29, 1.82) is 0 Å². The highest BCUT2D eigenvalue weighted by Crippen LogP contribution is 2.29. The first-order valence-corrected chi connectivity index (χ1v) is 6.93. The van der Waals surface area contributed by atoms with Gasteiger partial charge in [-0.3, -0.25) is 4.79 Å². The molecule has 22 heavy (non-hydrogen) atoms. The van der Waals surface area contributed by atoms with Crippen molar-refractivity contribution in [2.24, 2.45) is 5.73 Å². The van der Waals surface area contributed by atoms with Gasteiger partial charge in [0.05, 0.1) is 7.11 Å². The largest absolute Gasteiger partial charge is 0.468 e. The molecule has 0 fully saturated rings. The number of esters is 1. The number of nitrogens with two attached hydrogens (primary N) is 1. The van der Waals surface area contributed by atoms with E-state index < -0.39 is 17.8 Å². The molecule has 1 atom stereocenters. The number of rotatable bonds is 5. The van der Waals surface area contributed by atoms with Gasteiger partial charge in [-0.05, 0) is 36.4 Å². The summed E-state index contributed by atoms with van der Waals surface area (Å²) >= 11 is 5.81. The third kappa shape index (κ3) is 3.96. The van der Waals surface area contributed by atoms with Crippen LogP contribution in [0.15, 0.2) is 42.5 Å². The molecule has 2 N–H and O–H groups in total. The van der Waals surface area contributed by atoms with Crippen LogP contribution in [0.5, 0.6) is 11.5 Å². The van der Waals surface area contributed by atoms with Gasteiger partial charge in [-0.25, -0.2) is 4.39 Å². The van der Waals surface area contributed by atoms with Crippen LogP contribution in [-0.2, 0) is 16.0 Å². The van der Waals surface area contributed by atoms with E-state index in [1.807, 2.05) is 0 Å². The first-order valence-electron chi connectivity index (χ1n) is 6.55. The lowest BCUT2D eigenvalue weighted by atomic mass is 10.0. The summed E-state index contributed by atoms with van der Waals surface area (Å²) < 4.78 is 24.2. The number of hydrogen-bond donors (Lipinski definition) is 1. The number of benzene rings is 2. The van der Waals surface area contributed by atoms with Crippen molar-refractivity contribution >= 4 is 17.6 Å². The second kappa shape index (κ2) is 7.24. The molecule has 0 aromatic heterocycles. The van der Waals surface area contributed by atoms with E-state index in [-0.39, 0.29) is 12.0 Å². The smallest absolute Gasteiger partial charge is 0.322 e. The quantitative estimate of drug-likeness (QED) is 0.857. The van der Waals surface area contributed by atoms with Gasteiger partial charge in [0.25, 0.3) is 0 Å². The van der Waals surface area contributed by atoms with E-state index in [1.165, 1.54) is 19.2 Å². The van der Waals surface area contributed by atoms with Crippen LogP contribution in [0.25, 0.3) is 0 Å². The Balaban J connectivity index is 2.26. The average molecular weight is 324 g/mol. The standard InChI is InChI=1S/C16H15ClFNO3/c1-21-16(20)14(19)9-12-13(18)3-2-4-15(12)22-11-7-5-10(17)6-8-11/h2-8,14H,9,19H2,1H3.